The second-order valence-electron chi connectivity index (χ2n) is 5.20. The molecule has 1 rings (SSSR count). The van der Waals surface area contributed by atoms with Crippen LogP contribution in [0.15, 0.2) is 24.3 Å². The summed E-state index contributed by atoms with van der Waals surface area (Å²) in [4.78, 5) is 13.9. The number of ether oxygens (including phenoxy) is 2. The predicted octanol–water partition coefficient (Wildman–Crippen LogP) is 2.97. The van der Waals surface area contributed by atoms with Gasteiger partial charge in [0.2, 0.25) is 0 Å². The van der Waals surface area contributed by atoms with E-state index in [4.69, 9.17) is 9.47 Å². The number of likely N-dealkylation sites (N-methyl/N-ethyl adjacent to an activating group) is 1. The van der Waals surface area contributed by atoms with Crippen LogP contribution in [0.5, 0.6) is 5.75 Å². The summed E-state index contributed by atoms with van der Waals surface area (Å²) in [7, 11) is 3.90. The first-order chi connectivity index (χ1) is 9.52. The summed E-state index contributed by atoms with van der Waals surface area (Å²) in [6, 6.07) is 7.10. The van der Waals surface area contributed by atoms with E-state index in [2.05, 4.69) is 6.92 Å². The molecule has 4 heteroatoms. The van der Waals surface area contributed by atoms with Crippen LogP contribution in [0.1, 0.15) is 37.0 Å². The fraction of sp³-hybridized carbons (Fsp3) is 0.562. The smallest absolute Gasteiger partial charge is 0.338 e. The number of unbranched alkanes of at least 4 members (excludes halogenated alkanes) is 1. The maximum Gasteiger partial charge on any atom is 0.338 e. The molecule has 0 radical (unpaired) electrons. The zero-order valence-electron chi connectivity index (χ0n) is 12.9. The quantitative estimate of drug-likeness (QED) is 0.542. The molecule has 0 bridgehead atoms. The van der Waals surface area contributed by atoms with Gasteiger partial charge in [-0.25, -0.2) is 4.79 Å². The van der Waals surface area contributed by atoms with Crippen molar-refractivity contribution in [3.8, 4) is 5.75 Å². The highest BCUT2D eigenvalue weighted by atomic mass is 16.5. The Kier molecular flexibility index (Phi) is 7.09. The number of hydrogen-bond donors (Lipinski definition) is 0. The predicted molar refractivity (Wildman–Crippen MR) is 80.3 cm³/mol. The lowest BCUT2D eigenvalue weighted by Crippen LogP contribution is -2.28. The number of benzene rings is 1. The highest BCUT2D eigenvalue weighted by molar-refractivity contribution is 5.89. The highest BCUT2D eigenvalue weighted by Crippen LogP contribution is 2.14. The fourth-order valence-corrected chi connectivity index (χ4v) is 1.82. The Morgan fingerprint density at radius 3 is 2.45 bits per heavy atom. The van der Waals surface area contributed by atoms with Gasteiger partial charge in [0.05, 0.1) is 12.2 Å². The van der Waals surface area contributed by atoms with Gasteiger partial charge in [0, 0.05) is 6.54 Å². The van der Waals surface area contributed by atoms with Crippen LogP contribution in [0.2, 0.25) is 0 Å². The summed E-state index contributed by atoms with van der Waals surface area (Å²) in [6.45, 7) is 5.43. The van der Waals surface area contributed by atoms with Crippen LogP contribution in [0.3, 0.4) is 0 Å². The van der Waals surface area contributed by atoms with Crippen molar-refractivity contribution in [3.63, 3.8) is 0 Å². The van der Waals surface area contributed by atoms with Crippen molar-refractivity contribution in [1.29, 1.82) is 0 Å². The molecule has 0 aliphatic rings. The number of carbonyl (C=O) groups excluding carboxylic acids is 1. The molecule has 112 valence electrons. The maximum absolute atomic E-state index is 11.9. The fourth-order valence-electron chi connectivity index (χ4n) is 1.82. The lowest BCUT2D eigenvalue weighted by molar-refractivity contribution is 0.0289. The monoisotopic (exact) mass is 279 g/mol. The average Bonchev–Trinajstić information content (AvgIpc) is 2.38. The van der Waals surface area contributed by atoms with Gasteiger partial charge in [-0.2, -0.15) is 0 Å². The summed E-state index contributed by atoms with van der Waals surface area (Å²) in [5, 5.41) is 0. The summed E-state index contributed by atoms with van der Waals surface area (Å²) in [6.07, 6.45) is 2.01. The van der Waals surface area contributed by atoms with Gasteiger partial charge in [-0.15, -0.1) is 0 Å². The van der Waals surface area contributed by atoms with Crippen LogP contribution < -0.4 is 4.74 Å². The van der Waals surface area contributed by atoms with Crippen LogP contribution in [0, 0.1) is 0 Å². The molecular formula is C16H25NO3. The Morgan fingerprint density at radius 2 is 1.90 bits per heavy atom. The van der Waals surface area contributed by atoms with Crippen LogP contribution in [-0.4, -0.2) is 44.2 Å². The highest BCUT2D eigenvalue weighted by Gasteiger charge is 2.12. The minimum atomic E-state index is -0.292. The first kappa shape index (κ1) is 16.5. The topological polar surface area (TPSA) is 38.8 Å². The standard InChI is InChI=1S/C16H25NO3/c1-5-6-11-19-15-9-7-14(8-10-15)16(18)20-13(2)12-17(3)4/h7-10,13H,5-6,11-12H2,1-4H3/t13-/m0/s1. The van der Waals surface area contributed by atoms with Crippen molar-refractivity contribution in [2.24, 2.45) is 0 Å². The van der Waals surface area contributed by atoms with E-state index in [9.17, 15) is 4.79 Å². The van der Waals surface area contributed by atoms with E-state index in [-0.39, 0.29) is 12.1 Å². The maximum atomic E-state index is 11.9. The van der Waals surface area contributed by atoms with Gasteiger partial charge in [-0.05, 0) is 51.7 Å². The zero-order chi connectivity index (χ0) is 15.0. The van der Waals surface area contributed by atoms with E-state index in [0.717, 1.165) is 18.6 Å². The van der Waals surface area contributed by atoms with Crippen molar-refractivity contribution >= 4 is 5.97 Å². The van der Waals surface area contributed by atoms with E-state index >= 15 is 0 Å². The van der Waals surface area contributed by atoms with Gasteiger partial charge in [-0.3, -0.25) is 0 Å². The minimum absolute atomic E-state index is 0.127. The molecule has 0 heterocycles. The third-order valence-electron chi connectivity index (χ3n) is 2.79. The van der Waals surface area contributed by atoms with Crippen LogP contribution in [0.25, 0.3) is 0 Å². The Labute approximate surface area is 121 Å². The first-order valence-corrected chi connectivity index (χ1v) is 7.11. The van der Waals surface area contributed by atoms with E-state index in [1.807, 2.05) is 38.1 Å². The molecule has 0 amide bonds. The summed E-state index contributed by atoms with van der Waals surface area (Å²) in [5.74, 6) is 0.496. The molecule has 0 unspecified atom stereocenters. The van der Waals surface area contributed by atoms with Crippen molar-refractivity contribution in [2.45, 2.75) is 32.8 Å². The molecule has 0 spiro atoms. The SMILES string of the molecule is CCCCOc1ccc(C(=O)O[C@@H](C)CN(C)C)cc1. The van der Waals surface area contributed by atoms with Crippen molar-refractivity contribution < 1.29 is 14.3 Å². The third kappa shape index (κ3) is 6.06. The Morgan fingerprint density at radius 1 is 1.25 bits per heavy atom. The molecule has 0 aliphatic heterocycles. The molecule has 1 atom stereocenters. The molecule has 0 fully saturated rings. The van der Waals surface area contributed by atoms with E-state index in [1.54, 1.807) is 12.1 Å². The first-order valence-electron chi connectivity index (χ1n) is 7.11. The Bertz CT molecular complexity index is 401. The zero-order valence-corrected chi connectivity index (χ0v) is 12.9. The van der Waals surface area contributed by atoms with Gasteiger partial charge in [0.1, 0.15) is 11.9 Å². The summed E-state index contributed by atoms with van der Waals surface area (Å²) >= 11 is 0. The minimum Gasteiger partial charge on any atom is -0.494 e. The lowest BCUT2D eigenvalue weighted by Gasteiger charge is -2.17. The summed E-state index contributed by atoms with van der Waals surface area (Å²) in [5.41, 5.74) is 0.554. The molecule has 4 nitrogen and oxygen atoms in total. The largest absolute Gasteiger partial charge is 0.494 e. The van der Waals surface area contributed by atoms with Gasteiger partial charge in [0.15, 0.2) is 0 Å². The number of hydrogen-bond acceptors (Lipinski definition) is 4. The molecule has 1 aromatic carbocycles. The van der Waals surface area contributed by atoms with Crippen molar-refractivity contribution in [3.05, 3.63) is 29.8 Å². The summed E-state index contributed by atoms with van der Waals surface area (Å²) < 4.78 is 10.9. The van der Waals surface area contributed by atoms with Gasteiger partial charge in [-0.1, -0.05) is 13.3 Å². The Hall–Kier alpha value is -1.55. The van der Waals surface area contributed by atoms with Crippen LogP contribution in [0.4, 0.5) is 0 Å². The average molecular weight is 279 g/mol. The molecule has 0 saturated heterocycles. The molecule has 20 heavy (non-hydrogen) atoms. The normalized spacial score (nSPS) is 12.2. The van der Waals surface area contributed by atoms with Crippen LogP contribution in [-0.2, 0) is 4.74 Å². The lowest BCUT2D eigenvalue weighted by atomic mass is 10.2. The molecule has 1 aromatic rings. The number of rotatable bonds is 8. The molecule has 0 saturated carbocycles. The second kappa shape index (κ2) is 8.59. The van der Waals surface area contributed by atoms with E-state index < -0.39 is 0 Å². The second-order valence-corrected chi connectivity index (χ2v) is 5.20. The van der Waals surface area contributed by atoms with Crippen molar-refractivity contribution in [1.82, 2.24) is 4.90 Å². The Balaban J connectivity index is 2.48. The number of carbonyl (C=O) groups is 1. The van der Waals surface area contributed by atoms with Crippen molar-refractivity contribution in [2.75, 3.05) is 27.2 Å². The number of nitrogens with zero attached hydrogens (tertiary/aromatic N) is 1. The van der Waals surface area contributed by atoms with Gasteiger partial charge < -0.3 is 14.4 Å². The van der Waals surface area contributed by atoms with Crippen LogP contribution >= 0.6 is 0 Å². The molecule has 0 aromatic heterocycles. The molecular weight excluding hydrogens is 254 g/mol. The van der Waals surface area contributed by atoms with E-state index in [1.165, 1.54) is 0 Å². The molecule has 0 aliphatic carbocycles. The number of esters is 1. The van der Waals surface area contributed by atoms with Gasteiger partial charge in [0.25, 0.3) is 0 Å². The molecule has 0 N–H and O–H groups in total. The van der Waals surface area contributed by atoms with Gasteiger partial charge >= 0.3 is 5.97 Å². The third-order valence-corrected chi connectivity index (χ3v) is 2.79. The van der Waals surface area contributed by atoms with E-state index in [0.29, 0.717) is 18.7 Å².